The van der Waals surface area contributed by atoms with Gasteiger partial charge in [-0.3, -0.25) is 4.79 Å². The third kappa shape index (κ3) is 3.09. The van der Waals surface area contributed by atoms with Crippen LogP contribution in [0.25, 0.3) is 4.85 Å². The first-order valence-corrected chi connectivity index (χ1v) is 6.14. The van der Waals surface area contributed by atoms with Gasteiger partial charge in [0.1, 0.15) is 5.75 Å². The van der Waals surface area contributed by atoms with Gasteiger partial charge in [0, 0.05) is 11.1 Å². The van der Waals surface area contributed by atoms with Gasteiger partial charge in [0.05, 0.1) is 19.2 Å². The van der Waals surface area contributed by atoms with Crippen LogP contribution in [0.1, 0.15) is 21.5 Å². The molecular formula is C16H10F3NO2. The number of carbonyl (C=O) groups excluding carboxylic acids is 1. The van der Waals surface area contributed by atoms with Crippen LogP contribution in [0.3, 0.4) is 0 Å². The molecule has 0 aromatic heterocycles. The number of ketones is 1. The summed E-state index contributed by atoms with van der Waals surface area (Å²) < 4.78 is 42.5. The number of alkyl halides is 3. The lowest BCUT2D eigenvalue weighted by molar-refractivity contribution is -0.137. The third-order valence-corrected chi connectivity index (χ3v) is 3.04. The highest BCUT2D eigenvalue weighted by Crippen LogP contribution is 2.31. The summed E-state index contributed by atoms with van der Waals surface area (Å²) in [5.41, 5.74) is -0.318. The Morgan fingerprint density at radius 2 is 1.68 bits per heavy atom. The van der Waals surface area contributed by atoms with Gasteiger partial charge in [-0.05, 0) is 30.3 Å². The highest BCUT2D eigenvalue weighted by Gasteiger charge is 2.30. The second-order valence-electron chi connectivity index (χ2n) is 4.40. The summed E-state index contributed by atoms with van der Waals surface area (Å²) in [4.78, 5) is 15.5. The highest BCUT2D eigenvalue weighted by molar-refractivity contribution is 6.09. The molecule has 0 bridgehead atoms. The van der Waals surface area contributed by atoms with Gasteiger partial charge >= 0.3 is 6.18 Å². The van der Waals surface area contributed by atoms with Crippen molar-refractivity contribution in [2.45, 2.75) is 6.18 Å². The van der Waals surface area contributed by atoms with Crippen LogP contribution >= 0.6 is 0 Å². The van der Waals surface area contributed by atoms with Crippen molar-refractivity contribution in [3.8, 4) is 5.75 Å². The van der Waals surface area contributed by atoms with Crippen molar-refractivity contribution in [2.24, 2.45) is 0 Å². The zero-order valence-electron chi connectivity index (χ0n) is 11.4. The van der Waals surface area contributed by atoms with E-state index >= 15 is 0 Å². The zero-order valence-corrected chi connectivity index (χ0v) is 11.4. The maximum atomic E-state index is 12.5. The van der Waals surface area contributed by atoms with Crippen LogP contribution in [0, 0.1) is 6.57 Å². The quantitative estimate of drug-likeness (QED) is 0.617. The fourth-order valence-corrected chi connectivity index (χ4v) is 1.90. The Balaban J connectivity index is 2.34. The summed E-state index contributed by atoms with van der Waals surface area (Å²) in [6.45, 7) is 7.04. The molecule has 0 aliphatic carbocycles. The number of rotatable bonds is 3. The van der Waals surface area contributed by atoms with Crippen LogP contribution in [-0.4, -0.2) is 12.9 Å². The summed E-state index contributed by atoms with van der Waals surface area (Å²) in [6, 6.07) is 8.24. The summed E-state index contributed by atoms with van der Waals surface area (Å²) in [5, 5.41) is 0. The molecule has 0 fully saturated rings. The van der Waals surface area contributed by atoms with E-state index in [0.29, 0.717) is 5.75 Å². The summed E-state index contributed by atoms with van der Waals surface area (Å²) in [6.07, 6.45) is -4.45. The van der Waals surface area contributed by atoms with Gasteiger partial charge in [-0.15, -0.1) is 0 Å². The maximum absolute atomic E-state index is 12.5. The molecule has 0 aliphatic heterocycles. The SMILES string of the molecule is COc1ccc(C(=O)c2ccc(C(F)(F)F)cc2)cc1[N+]#[11C-]. The molecule has 6 heteroatoms. The molecule has 0 radical (unpaired) electrons. The normalized spacial score (nSPS) is 10.9. The van der Waals surface area contributed by atoms with Gasteiger partial charge in [0.15, 0.2) is 5.78 Å². The van der Waals surface area contributed by atoms with Crippen molar-refractivity contribution in [1.82, 2.24) is 0 Å². The fourth-order valence-electron chi connectivity index (χ4n) is 1.90. The second kappa shape index (κ2) is 5.90. The van der Waals surface area contributed by atoms with Crippen LogP contribution in [-0.2, 0) is 6.18 Å². The largest absolute Gasteiger partial charge is 0.508 e. The molecule has 22 heavy (non-hydrogen) atoms. The molecule has 3 nitrogen and oxygen atoms in total. The first kappa shape index (κ1) is 15.6. The Kier molecular flexibility index (Phi) is 4.18. The molecular weight excluding hydrogens is 294 g/mol. The topological polar surface area (TPSA) is 30.7 Å². The van der Waals surface area contributed by atoms with Crippen molar-refractivity contribution in [3.63, 3.8) is 0 Å². The van der Waals surface area contributed by atoms with Gasteiger partial charge in [-0.1, -0.05) is 12.1 Å². The molecule has 0 unspecified atom stereocenters. The fraction of sp³-hybridized carbons (Fsp3) is 0.125. The van der Waals surface area contributed by atoms with E-state index < -0.39 is 17.5 Å². The number of halogens is 3. The standard InChI is InChI=1S/C16H10F3NO2/c1-20-13-9-11(5-8-14(13)22-2)15(21)10-3-6-12(7-4-10)16(17,18)19/h3-9H,2H3/i1-1. The van der Waals surface area contributed by atoms with E-state index in [1.54, 1.807) is 0 Å². The van der Waals surface area contributed by atoms with Crippen LogP contribution in [0.2, 0.25) is 0 Å². The van der Waals surface area contributed by atoms with E-state index in [1.807, 2.05) is 0 Å². The molecule has 0 atom stereocenters. The number of hydrogen-bond donors (Lipinski definition) is 0. The Bertz CT molecular complexity index is 743. The third-order valence-electron chi connectivity index (χ3n) is 3.04. The van der Waals surface area contributed by atoms with Crippen molar-refractivity contribution in [2.75, 3.05) is 7.11 Å². The van der Waals surface area contributed by atoms with Gasteiger partial charge in [-0.2, -0.15) is 13.2 Å². The van der Waals surface area contributed by atoms with Gasteiger partial charge in [0.2, 0.25) is 5.69 Å². The lowest BCUT2D eigenvalue weighted by Crippen LogP contribution is -2.06. The summed E-state index contributed by atoms with van der Waals surface area (Å²) >= 11 is 0. The van der Waals surface area contributed by atoms with E-state index in [9.17, 15) is 18.0 Å². The molecule has 0 amide bonds. The van der Waals surface area contributed by atoms with Crippen molar-refractivity contribution < 1.29 is 22.7 Å². The zero-order chi connectivity index (χ0) is 16.3. The molecule has 0 saturated carbocycles. The van der Waals surface area contributed by atoms with E-state index in [4.69, 9.17) is 11.3 Å². The number of carbonyl (C=O) groups is 1. The van der Waals surface area contributed by atoms with E-state index in [-0.39, 0.29) is 16.8 Å². The van der Waals surface area contributed by atoms with Gasteiger partial charge in [-0.25, -0.2) is 4.85 Å². The van der Waals surface area contributed by atoms with Crippen molar-refractivity contribution >= 4 is 11.5 Å². The van der Waals surface area contributed by atoms with Crippen molar-refractivity contribution in [3.05, 3.63) is 70.6 Å². The van der Waals surface area contributed by atoms with Crippen LogP contribution < -0.4 is 4.74 Å². The Hall–Kier alpha value is -2.81. The number of ether oxygens (including phenoxy) is 1. The molecule has 0 spiro atoms. The van der Waals surface area contributed by atoms with E-state index in [0.717, 1.165) is 24.3 Å². The minimum absolute atomic E-state index is 0.120. The minimum Gasteiger partial charge on any atom is -0.508 e. The predicted molar refractivity (Wildman–Crippen MR) is 74.1 cm³/mol. The molecule has 0 N–H and O–H groups in total. The molecule has 0 heterocycles. The monoisotopic (exact) mass is 304 g/mol. The van der Waals surface area contributed by atoms with Gasteiger partial charge < -0.3 is 4.74 Å². The van der Waals surface area contributed by atoms with Crippen LogP contribution in [0.15, 0.2) is 42.5 Å². The van der Waals surface area contributed by atoms with E-state index in [1.165, 1.54) is 25.3 Å². The summed E-state index contributed by atoms with van der Waals surface area (Å²) in [7, 11) is 1.40. The first-order chi connectivity index (χ1) is 10.4. The average molecular weight is 304 g/mol. The lowest BCUT2D eigenvalue weighted by atomic mass is 10.0. The van der Waals surface area contributed by atoms with Crippen LogP contribution in [0.4, 0.5) is 18.9 Å². The smallest absolute Gasteiger partial charge is 0.416 e. The molecule has 2 aromatic carbocycles. The molecule has 112 valence electrons. The Morgan fingerprint density at radius 3 is 2.18 bits per heavy atom. The molecule has 2 rings (SSSR count). The van der Waals surface area contributed by atoms with E-state index in [2.05, 4.69) is 4.85 Å². The second-order valence-corrected chi connectivity index (χ2v) is 4.40. The number of methoxy groups -OCH3 is 1. The summed E-state index contributed by atoms with van der Waals surface area (Å²) in [5.74, 6) is -0.125. The Labute approximate surface area is 124 Å². The highest BCUT2D eigenvalue weighted by atomic mass is 19.4. The maximum Gasteiger partial charge on any atom is 0.416 e. The number of nitrogens with zero attached hydrogens (tertiary/aromatic N) is 1. The van der Waals surface area contributed by atoms with Crippen LogP contribution in [0.5, 0.6) is 5.75 Å². The lowest BCUT2D eigenvalue weighted by Gasteiger charge is -2.08. The minimum atomic E-state index is -4.45. The number of benzene rings is 2. The average Bonchev–Trinajstić information content (AvgIpc) is 2.52. The first-order valence-electron chi connectivity index (χ1n) is 6.14. The van der Waals surface area contributed by atoms with Gasteiger partial charge in [0.25, 0.3) is 0 Å². The Morgan fingerprint density at radius 1 is 1.09 bits per heavy atom. The van der Waals surface area contributed by atoms with Crippen molar-refractivity contribution in [1.29, 1.82) is 0 Å². The number of hydrogen-bond acceptors (Lipinski definition) is 2. The predicted octanol–water partition coefficient (Wildman–Crippen LogP) is 4.50. The molecule has 0 aliphatic rings. The molecule has 0 saturated heterocycles. The molecule has 2 aromatic rings.